The van der Waals surface area contributed by atoms with Crippen molar-refractivity contribution in [1.29, 1.82) is 0 Å². The van der Waals surface area contributed by atoms with Crippen LogP contribution in [0.25, 0.3) is 0 Å². The van der Waals surface area contributed by atoms with Gasteiger partial charge in [0.15, 0.2) is 0 Å². The summed E-state index contributed by atoms with van der Waals surface area (Å²) in [5.74, 6) is 1.07. The summed E-state index contributed by atoms with van der Waals surface area (Å²) in [6.45, 7) is 9.44. The van der Waals surface area contributed by atoms with Crippen LogP contribution in [0.1, 0.15) is 46.5 Å². The fourth-order valence-electron chi connectivity index (χ4n) is 2.07. The van der Waals surface area contributed by atoms with Crippen molar-refractivity contribution in [1.82, 2.24) is 10.2 Å². The van der Waals surface area contributed by atoms with E-state index >= 15 is 0 Å². The maximum atomic E-state index is 11.8. The predicted molar refractivity (Wildman–Crippen MR) is 67.4 cm³/mol. The van der Waals surface area contributed by atoms with Crippen molar-refractivity contribution in [2.45, 2.75) is 52.5 Å². The molecule has 0 aromatic rings. The molecule has 0 radical (unpaired) electrons. The van der Waals surface area contributed by atoms with Crippen molar-refractivity contribution in [3.8, 4) is 0 Å². The van der Waals surface area contributed by atoms with Crippen LogP contribution in [0.3, 0.4) is 0 Å². The molecule has 16 heavy (non-hydrogen) atoms. The van der Waals surface area contributed by atoms with Gasteiger partial charge in [-0.3, -0.25) is 4.79 Å². The third kappa shape index (κ3) is 4.97. The molecule has 1 fully saturated rings. The summed E-state index contributed by atoms with van der Waals surface area (Å²) < 4.78 is 0. The SMILES string of the molecule is CC1CCC(=O)N(CCCNC(C)C)CC1. The maximum absolute atomic E-state index is 11.8. The van der Waals surface area contributed by atoms with E-state index < -0.39 is 0 Å². The van der Waals surface area contributed by atoms with Gasteiger partial charge in [-0.2, -0.15) is 0 Å². The van der Waals surface area contributed by atoms with Crippen LogP contribution in [0.2, 0.25) is 0 Å². The Kier molecular flexibility index (Phi) is 5.81. The second-order valence-electron chi connectivity index (χ2n) is 5.28. The van der Waals surface area contributed by atoms with E-state index in [1.807, 2.05) is 4.90 Å². The minimum atomic E-state index is 0.355. The van der Waals surface area contributed by atoms with Gasteiger partial charge in [0, 0.05) is 25.6 Å². The van der Waals surface area contributed by atoms with Crippen molar-refractivity contribution in [3.05, 3.63) is 0 Å². The Morgan fingerprint density at radius 3 is 2.88 bits per heavy atom. The number of carbonyl (C=O) groups excluding carboxylic acids is 1. The lowest BCUT2D eigenvalue weighted by atomic mass is 10.0. The van der Waals surface area contributed by atoms with Crippen LogP contribution in [0.5, 0.6) is 0 Å². The molecule has 0 aromatic carbocycles. The number of hydrogen-bond acceptors (Lipinski definition) is 2. The van der Waals surface area contributed by atoms with E-state index in [0.29, 0.717) is 17.9 Å². The highest BCUT2D eigenvalue weighted by Gasteiger charge is 2.19. The van der Waals surface area contributed by atoms with Crippen molar-refractivity contribution >= 4 is 5.91 Å². The van der Waals surface area contributed by atoms with Crippen molar-refractivity contribution in [2.24, 2.45) is 5.92 Å². The molecule has 0 bridgehead atoms. The molecule has 1 rings (SSSR count). The first kappa shape index (κ1) is 13.5. The number of nitrogens with one attached hydrogen (secondary N) is 1. The van der Waals surface area contributed by atoms with E-state index in [9.17, 15) is 4.79 Å². The molecule has 0 spiro atoms. The second kappa shape index (κ2) is 6.89. The normalized spacial score (nSPS) is 22.6. The van der Waals surface area contributed by atoms with E-state index in [1.54, 1.807) is 0 Å². The van der Waals surface area contributed by atoms with Gasteiger partial charge in [-0.15, -0.1) is 0 Å². The van der Waals surface area contributed by atoms with E-state index in [2.05, 4.69) is 26.1 Å². The Labute approximate surface area is 99.6 Å². The van der Waals surface area contributed by atoms with Gasteiger partial charge in [0.1, 0.15) is 0 Å². The molecule has 1 unspecified atom stereocenters. The molecule has 1 saturated heterocycles. The van der Waals surface area contributed by atoms with Gasteiger partial charge in [-0.25, -0.2) is 0 Å². The smallest absolute Gasteiger partial charge is 0.222 e. The summed E-state index contributed by atoms with van der Waals surface area (Å²) in [7, 11) is 0. The molecule has 0 aliphatic carbocycles. The lowest BCUT2D eigenvalue weighted by molar-refractivity contribution is -0.130. The van der Waals surface area contributed by atoms with Crippen LogP contribution in [0, 0.1) is 5.92 Å². The van der Waals surface area contributed by atoms with E-state index in [1.165, 1.54) is 6.42 Å². The Morgan fingerprint density at radius 1 is 1.44 bits per heavy atom. The molecular weight excluding hydrogens is 200 g/mol. The summed E-state index contributed by atoms with van der Waals surface area (Å²) in [6, 6.07) is 0.542. The average Bonchev–Trinajstić information content (AvgIpc) is 2.38. The molecule has 1 atom stereocenters. The maximum Gasteiger partial charge on any atom is 0.222 e. The standard InChI is InChI=1S/C13H26N2O/c1-11(2)14-8-4-9-15-10-7-12(3)5-6-13(15)16/h11-12,14H,4-10H2,1-3H3. The van der Waals surface area contributed by atoms with E-state index in [0.717, 1.165) is 38.9 Å². The summed E-state index contributed by atoms with van der Waals surface area (Å²) >= 11 is 0. The third-order valence-corrected chi connectivity index (χ3v) is 3.25. The Balaban J connectivity index is 2.21. The summed E-state index contributed by atoms with van der Waals surface area (Å²) in [4.78, 5) is 13.8. The highest BCUT2D eigenvalue weighted by Crippen LogP contribution is 2.17. The first-order valence-corrected chi connectivity index (χ1v) is 6.60. The topological polar surface area (TPSA) is 32.3 Å². The second-order valence-corrected chi connectivity index (χ2v) is 5.28. The highest BCUT2D eigenvalue weighted by atomic mass is 16.2. The third-order valence-electron chi connectivity index (χ3n) is 3.25. The number of carbonyl (C=O) groups is 1. The van der Waals surface area contributed by atoms with Gasteiger partial charge in [0.25, 0.3) is 0 Å². The van der Waals surface area contributed by atoms with Crippen molar-refractivity contribution in [2.75, 3.05) is 19.6 Å². The van der Waals surface area contributed by atoms with Gasteiger partial charge in [0.05, 0.1) is 0 Å². The van der Waals surface area contributed by atoms with E-state index in [-0.39, 0.29) is 0 Å². The van der Waals surface area contributed by atoms with Crippen LogP contribution in [0.15, 0.2) is 0 Å². The molecular formula is C13H26N2O. The van der Waals surface area contributed by atoms with Crippen LogP contribution in [-0.4, -0.2) is 36.5 Å². The molecule has 1 heterocycles. The Bertz CT molecular complexity index is 216. The minimum Gasteiger partial charge on any atom is -0.343 e. The molecule has 1 aliphatic heterocycles. The minimum absolute atomic E-state index is 0.355. The van der Waals surface area contributed by atoms with Crippen molar-refractivity contribution < 1.29 is 4.79 Å². The van der Waals surface area contributed by atoms with Crippen LogP contribution >= 0.6 is 0 Å². The molecule has 3 heteroatoms. The zero-order valence-electron chi connectivity index (χ0n) is 11.0. The Hall–Kier alpha value is -0.570. The lowest BCUT2D eigenvalue weighted by Crippen LogP contribution is -2.34. The van der Waals surface area contributed by atoms with Crippen LogP contribution < -0.4 is 5.32 Å². The molecule has 3 nitrogen and oxygen atoms in total. The average molecular weight is 226 g/mol. The molecule has 0 aromatic heterocycles. The Morgan fingerprint density at radius 2 is 2.19 bits per heavy atom. The number of nitrogens with zero attached hydrogens (tertiary/aromatic N) is 1. The quantitative estimate of drug-likeness (QED) is 0.727. The number of amides is 1. The van der Waals surface area contributed by atoms with Crippen LogP contribution in [0.4, 0.5) is 0 Å². The van der Waals surface area contributed by atoms with Gasteiger partial charge >= 0.3 is 0 Å². The number of hydrogen-bond donors (Lipinski definition) is 1. The van der Waals surface area contributed by atoms with Crippen molar-refractivity contribution in [3.63, 3.8) is 0 Å². The largest absolute Gasteiger partial charge is 0.343 e. The number of rotatable bonds is 5. The molecule has 1 aliphatic rings. The van der Waals surface area contributed by atoms with Gasteiger partial charge in [-0.05, 0) is 31.7 Å². The predicted octanol–water partition coefficient (Wildman–Crippen LogP) is 2.02. The molecule has 1 amide bonds. The van der Waals surface area contributed by atoms with Gasteiger partial charge in [-0.1, -0.05) is 20.8 Å². The fourth-order valence-corrected chi connectivity index (χ4v) is 2.07. The molecule has 0 saturated carbocycles. The molecule has 94 valence electrons. The monoisotopic (exact) mass is 226 g/mol. The lowest BCUT2D eigenvalue weighted by Gasteiger charge is -2.21. The first-order valence-electron chi connectivity index (χ1n) is 6.60. The fraction of sp³-hybridized carbons (Fsp3) is 0.923. The van der Waals surface area contributed by atoms with E-state index in [4.69, 9.17) is 0 Å². The zero-order valence-corrected chi connectivity index (χ0v) is 11.0. The summed E-state index contributed by atoms with van der Waals surface area (Å²) in [6.07, 6.45) is 4.06. The first-order chi connectivity index (χ1) is 7.59. The molecule has 1 N–H and O–H groups in total. The summed E-state index contributed by atoms with van der Waals surface area (Å²) in [5, 5.41) is 3.39. The highest BCUT2D eigenvalue weighted by molar-refractivity contribution is 5.76. The number of likely N-dealkylation sites (tertiary alicyclic amines) is 1. The summed E-state index contributed by atoms with van der Waals surface area (Å²) in [5.41, 5.74) is 0. The van der Waals surface area contributed by atoms with Crippen LogP contribution in [-0.2, 0) is 4.79 Å². The van der Waals surface area contributed by atoms with Gasteiger partial charge in [0.2, 0.25) is 5.91 Å². The zero-order chi connectivity index (χ0) is 12.0. The van der Waals surface area contributed by atoms with Gasteiger partial charge < -0.3 is 10.2 Å².